The Bertz CT molecular complexity index is 3400. The van der Waals surface area contributed by atoms with Crippen LogP contribution in [0, 0.1) is 5.92 Å². The van der Waals surface area contributed by atoms with Crippen molar-refractivity contribution in [2.24, 2.45) is 11.7 Å². The molecule has 1 unspecified atom stereocenters. The predicted molar refractivity (Wildman–Crippen MR) is 281 cm³/mol. The third-order valence-electron chi connectivity index (χ3n) is 13.2. The first kappa shape index (κ1) is 61.7. The van der Waals surface area contributed by atoms with Crippen LogP contribution in [-0.2, 0) is 14.3 Å². The molecule has 0 spiro atoms. The van der Waals surface area contributed by atoms with E-state index in [9.17, 15) is 83.2 Å². The second kappa shape index (κ2) is 27.6. The van der Waals surface area contributed by atoms with Gasteiger partial charge in [-0.25, -0.2) is 0 Å². The van der Waals surface area contributed by atoms with Gasteiger partial charge in [0.25, 0.3) is 57.7 Å². The first-order chi connectivity index (χ1) is 39.0. The molecular formula is C51H62N12O19. The van der Waals surface area contributed by atoms with Crippen LogP contribution in [0.3, 0.4) is 0 Å². The smallest absolute Gasteiger partial charge is 0.296 e. The minimum atomic E-state index is -1.57. The molecule has 4 bridgehead atoms. The molecular weight excluding hydrogens is 1080 g/mol. The lowest BCUT2D eigenvalue weighted by Gasteiger charge is -2.32. The van der Waals surface area contributed by atoms with Gasteiger partial charge in [-0.1, -0.05) is 13.8 Å². The highest BCUT2D eigenvalue weighted by Crippen LogP contribution is 2.17. The van der Waals surface area contributed by atoms with E-state index in [2.05, 4.69) is 26.6 Å². The summed E-state index contributed by atoms with van der Waals surface area (Å²) in [6.45, 7) is 1.98. The molecule has 31 heteroatoms. The molecule has 1 fully saturated rings. The molecule has 440 valence electrons. The number of rotatable bonds is 11. The van der Waals surface area contributed by atoms with Gasteiger partial charge in [-0.2, -0.15) is 0 Å². The number of fused-ring (bicyclic) bond motifs is 2. The van der Waals surface area contributed by atoms with E-state index in [0.717, 1.165) is 65.3 Å². The molecule has 1 saturated heterocycles. The fourth-order valence-corrected chi connectivity index (χ4v) is 8.80. The first-order valence-electron chi connectivity index (χ1n) is 25.8. The van der Waals surface area contributed by atoms with Crippen molar-refractivity contribution in [3.8, 4) is 0 Å². The lowest BCUT2D eigenvalue weighted by Crippen LogP contribution is -2.52. The fourth-order valence-electron chi connectivity index (χ4n) is 8.80. The van der Waals surface area contributed by atoms with E-state index in [1.54, 1.807) is 0 Å². The number of nitrogens with zero attached hydrogens (tertiary/aromatic N) is 6. The number of carbonyl (C=O) groups excluding carboxylic acids is 9. The van der Waals surface area contributed by atoms with E-state index in [0.29, 0.717) is 0 Å². The maximum absolute atomic E-state index is 14.7. The average Bonchev–Trinajstić information content (AvgIpc) is 3.91. The lowest BCUT2D eigenvalue weighted by molar-refractivity contribution is -0.126. The molecule has 31 nitrogen and oxygen atoms in total. The number of aromatic nitrogens is 4. The number of carbonyl (C=O) groups is 9. The lowest BCUT2D eigenvalue weighted by atomic mass is 10.0. The van der Waals surface area contributed by atoms with Crippen molar-refractivity contribution < 1.29 is 73.5 Å². The molecule has 0 radical (unpaired) electrons. The molecule has 0 aliphatic carbocycles. The Morgan fingerprint density at radius 1 is 0.634 bits per heavy atom. The zero-order valence-electron chi connectivity index (χ0n) is 44.7. The third kappa shape index (κ3) is 14.1. The molecule has 11 N–H and O–H groups in total. The van der Waals surface area contributed by atoms with E-state index in [1.165, 1.54) is 13.8 Å². The minimum Gasteiger partial charge on any atom is -0.425 e. The average molecular weight is 1150 g/mol. The SMILES string of the molecule is CC(=O)c1ccc(C(=O)N2CCCNC(=O)c3ccc(c(=O)n3O)C(=O)N[C@H]3COC[C@H]3NC(=O)c3ccc(n(O)c3=O)C(=O)NCCCN(C(=O)c3ccc(C(=O)C(C)C)c(=O)n3O)CCCC2C(=O)NCCOCCN)n(O)c1=O. The molecule has 8 rings (SSSR count). The standard InChI is InChI=1S/C51H62N12O19/c1-27(2)40(65)30-9-15-38(62(79)47(30)72)50(75)58-20-4-7-35(43(68)55-19-24-81-23-16-52)59(51(76)39-14-8-29(28(3)64)46(71)63(39)80)22-6-18-54-45(70)37-13-11-32(49(74)61(37)78)42(67)57-34-26-82-25-33(34)56-41(66)31-10-12-36(60(77)48(31)73)44(69)53-17-5-21-58/h8-15,27,33-35,77-80H,4-7,16-26,52H2,1-3H3,(H,53,69)(H,54,70)(H,55,68)(H,56,66)(H,57,67)/t33-,34+,35?/m1/s1. The van der Waals surface area contributed by atoms with Crippen molar-refractivity contribution in [3.63, 3.8) is 0 Å². The van der Waals surface area contributed by atoms with Gasteiger partial charge in [0, 0.05) is 51.7 Å². The van der Waals surface area contributed by atoms with E-state index in [4.69, 9.17) is 15.2 Å². The van der Waals surface area contributed by atoms with Crippen molar-refractivity contribution in [1.29, 1.82) is 0 Å². The van der Waals surface area contributed by atoms with Crippen LogP contribution in [0.5, 0.6) is 0 Å². The fraction of sp³-hybridized carbons (Fsp3) is 0.431. The summed E-state index contributed by atoms with van der Waals surface area (Å²) in [6.07, 6.45) is -0.897. The first-order valence-corrected chi connectivity index (χ1v) is 25.8. The number of nitrogens with one attached hydrogen (secondary N) is 5. The van der Waals surface area contributed by atoms with Crippen molar-refractivity contribution in [2.45, 2.75) is 64.6 Å². The number of Topliss-reactive ketones (excluding diaryl/α,β-unsaturated/α-hetero) is 2. The van der Waals surface area contributed by atoms with Gasteiger partial charge < -0.3 is 72.4 Å². The highest BCUT2D eigenvalue weighted by molar-refractivity contribution is 6.00. The van der Waals surface area contributed by atoms with E-state index < -0.39 is 151 Å². The summed E-state index contributed by atoms with van der Waals surface area (Å²) >= 11 is 0. The summed E-state index contributed by atoms with van der Waals surface area (Å²) in [7, 11) is 0. The number of hydrogen-bond donors (Lipinski definition) is 10. The number of pyridine rings is 4. The van der Waals surface area contributed by atoms with E-state index in [1.807, 2.05) is 0 Å². The Labute approximate surface area is 464 Å². The molecule has 82 heavy (non-hydrogen) atoms. The highest BCUT2D eigenvalue weighted by Gasteiger charge is 2.35. The topological polar surface area (TPSA) is 434 Å². The maximum Gasteiger partial charge on any atom is 0.296 e. The van der Waals surface area contributed by atoms with Crippen molar-refractivity contribution in [1.82, 2.24) is 55.3 Å². The van der Waals surface area contributed by atoms with Crippen LogP contribution in [0.2, 0.25) is 0 Å². The molecule has 0 aromatic carbocycles. The Balaban J connectivity index is 1.40. The Morgan fingerprint density at radius 3 is 1.66 bits per heavy atom. The summed E-state index contributed by atoms with van der Waals surface area (Å²) in [4.78, 5) is 177. The van der Waals surface area contributed by atoms with Crippen LogP contribution in [-0.4, -0.2) is 193 Å². The van der Waals surface area contributed by atoms with E-state index >= 15 is 0 Å². The minimum absolute atomic E-state index is 0.00743. The number of hydrogen-bond acceptors (Lipinski definition) is 20. The van der Waals surface area contributed by atoms with Crippen LogP contribution >= 0.6 is 0 Å². The Hall–Kier alpha value is -9.49. The van der Waals surface area contributed by atoms with Crippen molar-refractivity contribution >= 4 is 52.9 Å². The quantitative estimate of drug-likeness (QED) is 0.0407. The molecule has 4 aliphatic heterocycles. The van der Waals surface area contributed by atoms with Crippen LogP contribution in [0.4, 0.5) is 0 Å². The number of nitrogens with two attached hydrogens (primary N) is 1. The zero-order chi connectivity index (χ0) is 60.1. The second-order valence-electron chi connectivity index (χ2n) is 19.1. The molecule has 7 amide bonds. The van der Waals surface area contributed by atoms with Crippen molar-refractivity contribution in [2.75, 3.05) is 72.2 Å². The number of amides is 7. The normalized spacial score (nSPS) is 18.0. The largest absolute Gasteiger partial charge is 0.425 e. The summed E-state index contributed by atoms with van der Waals surface area (Å²) in [5.41, 5.74) is -4.51. The van der Waals surface area contributed by atoms with Gasteiger partial charge >= 0.3 is 0 Å². The Morgan fingerprint density at radius 2 is 1.13 bits per heavy atom. The predicted octanol–water partition coefficient (Wildman–Crippen LogP) is -2.97. The van der Waals surface area contributed by atoms with Gasteiger partial charge in [0.2, 0.25) is 5.91 Å². The van der Waals surface area contributed by atoms with Crippen LogP contribution < -0.4 is 54.6 Å². The number of ether oxygens (including phenoxy) is 2. The summed E-state index contributed by atoms with van der Waals surface area (Å²) in [5.74, 6) is -9.30. The van der Waals surface area contributed by atoms with Gasteiger partial charge in [0.05, 0.1) is 49.6 Å². The van der Waals surface area contributed by atoms with Crippen LogP contribution in [0.25, 0.3) is 0 Å². The maximum atomic E-state index is 14.7. The van der Waals surface area contributed by atoms with Crippen molar-refractivity contribution in [3.05, 3.63) is 135 Å². The van der Waals surface area contributed by atoms with Crippen LogP contribution in [0.15, 0.2) is 67.7 Å². The highest BCUT2D eigenvalue weighted by atomic mass is 16.5. The molecule has 3 atom stereocenters. The van der Waals surface area contributed by atoms with Gasteiger partial charge in [-0.3, -0.25) is 62.3 Å². The number of ketones is 2. The molecule has 4 aromatic rings. The van der Waals surface area contributed by atoms with Gasteiger partial charge in [0.1, 0.15) is 39.9 Å². The Kier molecular flexibility index (Phi) is 20.8. The van der Waals surface area contributed by atoms with Crippen LogP contribution in [0.1, 0.15) is 130 Å². The van der Waals surface area contributed by atoms with Gasteiger partial charge in [-0.15, -0.1) is 18.9 Å². The summed E-state index contributed by atoms with van der Waals surface area (Å²) < 4.78 is 10.5. The molecule has 8 heterocycles. The second-order valence-corrected chi connectivity index (χ2v) is 19.1. The third-order valence-corrected chi connectivity index (χ3v) is 13.2. The zero-order valence-corrected chi connectivity index (χ0v) is 44.7. The molecule has 4 aliphatic rings. The summed E-state index contributed by atoms with van der Waals surface area (Å²) in [6, 6.07) is 4.18. The van der Waals surface area contributed by atoms with E-state index in [-0.39, 0.29) is 110 Å². The molecule has 4 aromatic heterocycles. The monoisotopic (exact) mass is 1150 g/mol. The molecule has 0 saturated carbocycles. The van der Waals surface area contributed by atoms with Gasteiger partial charge in [-0.05, 0) is 81.1 Å². The summed E-state index contributed by atoms with van der Waals surface area (Å²) in [5, 5.41) is 56.2. The van der Waals surface area contributed by atoms with Gasteiger partial charge in [0.15, 0.2) is 11.6 Å².